The van der Waals surface area contributed by atoms with Crippen LogP contribution in [0, 0.1) is 0 Å². The number of hydrogen-bond donors (Lipinski definition) is 1. The summed E-state index contributed by atoms with van der Waals surface area (Å²) in [7, 11) is 0. The fourth-order valence-electron chi connectivity index (χ4n) is 1.62. The Labute approximate surface area is 87.2 Å². The lowest BCUT2D eigenvalue weighted by Gasteiger charge is -1.95. The van der Waals surface area contributed by atoms with Crippen LogP contribution in [0.5, 0.6) is 0 Å². The first-order valence-electron chi connectivity index (χ1n) is 4.90. The largest absolute Gasteiger partial charge is 0.477 e. The van der Waals surface area contributed by atoms with Crippen LogP contribution in [0.1, 0.15) is 29.4 Å². The van der Waals surface area contributed by atoms with E-state index in [0.717, 1.165) is 18.4 Å². The summed E-state index contributed by atoms with van der Waals surface area (Å²) in [6.07, 6.45) is 5.61. The monoisotopic (exact) mass is 204 g/mol. The summed E-state index contributed by atoms with van der Waals surface area (Å²) in [6, 6.07) is 3.58. The number of rotatable bonds is 3. The molecule has 0 unspecified atom stereocenters. The standard InChI is InChI=1S/C11H12N2O2/c1-2-3-8-4-9-5-10(11(14)15)12-7-13(9)6-8/h4-7H,2-3H2,1H3,(H,14,15). The summed E-state index contributed by atoms with van der Waals surface area (Å²) < 4.78 is 1.84. The van der Waals surface area contributed by atoms with Crippen molar-refractivity contribution in [3.8, 4) is 0 Å². The number of hydrogen-bond acceptors (Lipinski definition) is 2. The molecule has 1 N–H and O–H groups in total. The van der Waals surface area contributed by atoms with Gasteiger partial charge in [0.25, 0.3) is 0 Å². The van der Waals surface area contributed by atoms with Gasteiger partial charge in [0.15, 0.2) is 5.69 Å². The third-order valence-electron chi connectivity index (χ3n) is 2.30. The Balaban J connectivity index is 2.47. The summed E-state index contributed by atoms with van der Waals surface area (Å²) >= 11 is 0. The molecule has 4 heteroatoms. The van der Waals surface area contributed by atoms with Gasteiger partial charge in [0.1, 0.15) is 6.33 Å². The van der Waals surface area contributed by atoms with Crippen LogP contribution in [0.2, 0.25) is 0 Å². The number of carbonyl (C=O) groups is 1. The minimum atomic E-state index is -0.990. The van der Waals surface area contributed by atoms with E-state index in [0.29, 0.717) is 0 Å². The first kappa shape index (κ1) is 9.71. The van der Waals surface area contributed by atoms with E-state index >= 15 is 0 Å². The number of aromatic nitrogens is 2. The molecule has 0 aromatic carbocycles. The predicted molar refractivity (Wildman–Crippen MR) is 56.1 cm³/mol. The van der Waals surface area contributed by atoms with Gasteiger partial charge in [-0.2, -0.15) is 0 Å². The zero-order valence-electron chi connectivity index (χ0n) is 8.47. The minimum absolute atomic E-state index is 0.0867. The van der Waals surface area contributed by atoms with Crippen LogP contribution in [0.3, 0.4) is 0 Å². The van der Waals surface area contributed by atoms with Gasteiger partial charge >= 0.3 is 5.97 Å². The third kappa shape index (κ3) is 1.83. The summed E-state index contributed by atoms with van der Waals surface area (Å²) in [5.41, 5.74) is 2.18. The molecule has 0 aliphatic heterocycles. The molecule has 78 valence electrons. The summed E-state index contributed by atoms with van der Waals surface area (Å²) in [4.78, 5) is 14.5. The molecule has 2 aromatic rings. The van der Waals surface area contributed by atoms with Crippen molar-refractivity contribution in [3.63, 3.8) is 0 Å². The van der Waals surface area contributed by atoms with Gasteiger partial charge in [-0.1, -0.05) is 13.3 Å². The molecule has 2 heterocycles. The molecule has 0 atom stereocenters. The number of carboxylic acids is 1. The van der Waals surface area contributed by atoms with Crippen molar-refractivity contribution >= 4 is 11.5 Å². The average molecular weight is 204 g/mol. The molecule has 0 saturated carbocycles. The van der Waals surface area contributed by atoms with E-state index in [9.17, 15) is 4.79 Å². The molecule has 4 nitrogen and oxygen atoms in total. The molecular formula is C11H12N2O2. The highest BCUT2D eigenvalue weighted by Crippen LogP contribution is 2.12. The zero-order chi connectivity index (χ0) is 10.8. The Kier molecular flexibility index (Phi) is 2.41. The fourth-order valence-corrected chi connectivity index (χ4v) is 1.62. The molecule has 0 spiro atoms. The maximum absolute atomic E-state index is 10.7. The van der Waals surface area contributed by atoms with Gasteiger partial charge in [0, 0.05) is 11.7 Å². The zero-order valence-corrected chi connectivity index (χ0v) is 8.47. The second-order valence-electron chi connectivity index (χ2n) is 3.51. The average Bonchev–Trinajstić information content (AvgIpc) is 2.59. The second kappa shape index (κ2) is 3.73. The van der Waals surface area contributed by atoms with E-state index in [-0.39, 0.29) is 5.69 Å². The minimum Gasteiger partial charge on any atom is -0.477 e. The number of aryl methyl sites for hydroxylation is 1. The fraction of sp³-hybridized carbons (Fsp3) is 0.273. The highest BCUT2D eigenvalue weighted by molar-refractivity contribution is 5.86. The van der Waals surface area contributed by atoms with Crippen molar-refractivity contribution in [1.29, 1.82) is 0 Å². The van der Waals surface area contributed by atoms with E-state index in [4.69, 9.17) is 5.11 Å². The maximum Gasteiger partial charge on any atom is 0.354 e. The summed E-state index contributed by atoms with van der Waals surface area (Å²) in [6.45, 7) is 2.11. The van der Waals surface area contributed by atoms with Gasteiger partial charge in [-0.15, -0.1) is 0 Å². The molecular weight excluding hydrogens is 192 g/mol. The number of fused-ring (bicyclic) bond motifs is 1. The summed E-state index contributed by atoms with van der Waals surface area (Å²) in [5, 5.41) is 8.78. The molecule has 0 fully saturated rings. The van der Waals surface area contributed by atoms with E-state index in [1.54, 1.807) is 6.07 Å². The SMILES string of the molecule is CCCc1cc2cc(C(=O)O)ncn2c1. The number of carboxylic acid groups (broad SMARTS) is 1. The van der Waals surface area contributed by atoms with E-state index in [2.05, 4.69) is 11.9 Å². The number of nitrogens with zero attached hydrogens (tertiary/aromatic N) is 2. The normalized spacial score (nSPS) is 10.7. The topological polar surface area (TPSA) is 54.6 Å². The Hall–Kier alpha value is -1.84. The Bertz CT molecular complexity index is 502. The molecule has 0 amide bonds. The van der Waals surface area contributed by atoms with Crippen LogP contribution >= 0.6 is 0 Å². The highest BCUT2D eigenvalue weighted by Gasteiger charge is 2.06. The van der Waals surface area contributed by atoms with Gasteiger partial charge in [-0.3, -0.25) is 0 Å². The van der Waals surface area contributed by atoms with Crippen molar-refractivity contribution in [2.24, 2.45) is 0 Å². The van der Waals surface area contributed by atoms with Gasteiger partial charge in [-0.05, 0) is 24.1 Å². The molecule has 0 bridgehead atoms. The van der Waals surface area contributed by atoms with Crippen LogP contribution < -0.4 is 0 Å². The molecule has 0 saturated heterocycles. The highest BCUT2D eigenvalue weighted by atomic mass is 16.4. The van der Waals surface area contributed by atoms with Gasteiger partial charge in [-0.25, -0.2) is 9.78 Å². The van der Waals surface area contributed by atoms with Crippen LogP contribution in [-0.4, -0.2) is 20.5 Å². The van der Waals surface area contributed by atoms with Gasteiger partial charge in [0.2, 0.25) is 0 Å². The lowest BCUT2D eigenvalue weighted by molar-refractivity contribution is 0.0690. The molecule has 2 rings (SSSR count). The smallest absolute Gasteiger partial charge is 0.354 e. The predicted octanol–water partition coefficient (Wildman–Crippen LogP) is 1.99. The Morgan fingerprint density at radius 3 is 3.00 bits per heavy atom. The van der Waals surface area contributed by atoms with Crippen LogP contribution in [0.4, 0.5) is 0 Å². The first-order chi connectivity index (χ1) is 7.20. The van der Waals surface area contributed by atoms with Crippen LogP contribution in [-0.2, 0) is 6.42 Å². The van der Waals surface area contributed by atoms with Crippen LogP contribution in [0.15, 0.2) is 24.7 Å². The van der Waals surface area contributed by atoms with Crippen molar-refractivity contribution in [2.75, 3.05) is 0 Å². The molecule has 15 heavy (non-hydrogen) atoms. The lowest BCUT2D eigenvalue weighted by atomic mass is 10.2. The van der Waals surface area contributed by atoms with Gasteiger partial charge in [0.05, 0.1) is 0 Å². The molecule has 2 aromatic heterocycles. The first-order valence-corrected chi connectivity index (χ1v) is 4.90. The van der Waals surface area contributed by atoms with Crippen LogP contribution in [0.25, 0.3) is 5.52 Å². The number of aromatic carboxylic acids is 1. The molecule has 0 aliphatic carbocycles. The van der Waals surface area contributed by atoms with Crippen molar-refractivity contribution in [1.82, 2.24) is 9.38 Å². The van der Waals surface area contributed by atoms with Crippen molar-refractivity contribution in [3.05, 3.63) is 35.9 Å². The van der Waals surface area contributed by atoms with E-state index in [1.165, 1.54) is 11.9 Å². The Morgan fingerprint density at radius 1 is 1.53 bits per heavy atom. The third-order valence-corrected chi connectivity index (χ3v) is 2.30. The lowest BCUT2D eigenvalue weighted by Crippen LogP contribution is -2.00. The molecule has 0 aliphatic rings. The Morgan fingerprint density at radius 2 is 2.33 bits per heavy atom. The van der Waals surface area contributed by atoms with Gasteiger partial charge < -0.3 is 9.51 Å². The quantitative estimate of drug-likeness (QED) is 0.831. The second-order valence-corrected chi connectivity index (χ2v) is 3.51. The van der Waals surface area contributed by atoms with Crippen molar-refractivity contribution in [2.45, 2.75) is 19.8 Å². The van der Waals surface area contributed by atoms with Crippen molar-refractivity contribution < 1.29 is 9.90 Å². The maximum atomic E-state index is 10.7. The van der Waals surface area contributed by atoms with E-state index < -0.39 is 5.97 Å². The summed E-state index contributed by atoms with van der Waals surface area (Å²) in [5.74, 6) is -0.990. The molecule has 0 radical (unpaired) electrons. The van der Waals surface area contributed by atoms with E-state index in [1.807, 2.05) is 16.7 Å².